The van der Waals surface area contributed by atoms with Crippen LogP contribution in [0, 0.1) is 13.8 Å². The number of fused-ring (bicyclic) bond motifs is 1. The number of aryl methyl sites for hydroxylation is 2. The van der Waals surface area contributed by atoms with Crippen LogP contribution in [0.2, 0.25) is 0 Å². The van der Waals surface area contributed by atoms with Gasteiger partial charge in [0, 0.05) is 5.69 Å². The van der Waals surface area contributed by atoms with Crippen LogP contribution in [0.3, 0.4) is 0 Å². The van der Waals surface area contributed by atoms with Crippen molar-refractivity contribution in [2.75, 3.05) is 5.32 Å². The van der Waals surface area contributed by atoms with Gasteiger partial charge in [-0.05, 0) is 42.7 Å². The summed E-state index contributed by atoms with van der Waals surface area (Å²) in [7, 11) is 0. The molecule has 1 N–H and O–H groups in total. The summed E-state index contributed by atoms with van der Waals surface area (Å²) in [5.41, 5.74) is 5.06. The maximum atomic E-state index is 12.2. The Labute approximate surface area is 123 Å². The highest BCUT2D eigenvalue weighted by Crippen LogP contribution is 2.30. The molecule has 0 heterocycles. The molecule has 3 nitrogen and oxygen atoms in total. The zero-order chi connectivity index (χ0) is 15.0. The van der Waals surface area contributed by atoms with Gasteiger partial charge >= 0.3 is 0 Å². The molecule has 104 valence electrons. The van der Waals surface area contributed by atoms with Gasteiger partial charge in [0.2, 0.25) is 11.6 Å². The fourth-order valence-corrected chi connectivity index (χ4v) is 2.58. The number of hydrogen-bond donors (Lipinski definition) is 1. The van der Waals surface area contributed by atoms with E-state index in [9.17, 15) is 9.59 Å². The van der Waals surface area contributed by atoms with Crippen molar-refractivity contribution in [1.82, 2.24) is 0 Å². The van der Waals surface area contributed by atoms with Crippen molar-refractivity contribution in [1.29, 1.82) is 0 Å². The van der Waals surface area contributed by atoms with Crippen LogP contribution in [0.4, 0.5) is 11.4 Å². The van der Waals surface area contributed by atoms with Crippen molar-refractivity contribution < 1.29 is 9.59 Å². The number of Topliss-reactive ketones (excluding diaryl/α,β-unsaturated/α-hetero) is 1. The van der Waals surface area contributed by atoms with Crippen LogP contribution in [0.15, 0.2) is 42.5 Å². The molecule has 0 aromatic heterocycles. The number of para-hydroxylation sites is 1. The van der Waals surface area contributed by atoms with Crippen molar-refractivity contribution in [3.05, 3.63) is 64.7 Å². The number of hydrogen-bond acceptors (Lipinski definition) is 3. The molecule has 1 aliphatic rings. The third-order valence-corrected chi connectivity index (χ3v) is 3.70. The van der Waals surface area contributed by atoms with Gasteiger partial charge in [0.1, 0.15) is 0 Å². The number of nitrogens with one attached hydrogen (secondary N) is 1. The summed E-state index contributed by atoms with van der Waals surface area (Å²) >= 11 is 0. The Balaban J connectivity index is 2.12. The highest BCUT2D eigenvalue weighted by Gasteiger charge is 2.24. The average Bonchev–Trinajstić information content (AvgIpc) is 2.47. The molecule has 2 aromatic rings. The summed E-state index contributed by atoms with van der Waals surface area (Å²) < 4.78 is 0. The fourth-order valence-electron chi connectivity index (χ4n) is 2.58. The Morgan fingerprint density at radius 3 is 2.24 bits per heavy atom. The van der Waals surface area contributed by atoms with Gasteiger partial charge in [-0.1, -0.05) is 36.4 Å². The standard InChI is InChI=1S/C18H15NO2/c1-11-5-3-6-12(2)17(11)19-14-8-4-7-13-9-10-15(20)18(21)16(13)14/h3-10,19H,1-2H3. The van der Waals surface area contributed by atoms with Gasteiger partial charge in [0.15, 0.2) is 0 Å². The summed E-state index contributed by atoms with van der Waals surface area (Å²) in [6.45, 7) is 4.02. The summed E-state index contributed by atoms with van der Waals surface area (Å²) in [4.78, 5) is 23.8. The van der Waals surface area contributed by atoms with Crippen molar-refractivity contribution in [2.24, 2.45) is 0 Å². The second-order valence-electron chi connectivity index (χ2n) is 5.19. The van der Waals surface area contributed by atoms with Gasteiger partial charge in [-0.25, -0.2) is 0 Å². The van der Waals surface area contributed by atoms with Crippen molar-refractivity contribution >= 4 is 29.0 Å². The molecule has 2 aromatic carbocycles. The molecular formula is C18H15NO2. The molecule has 0 amide bonds. The Kier molecular flexibility index (Phi) is 3.18. The van der Waals surface area contributed by atoms with E-state index in [2.05, 4.69) is 5.32 Å². The van der Waals surface area contributed by atoms with Gasteiger partial charge in [0.05, 0.1) is 11.3 Å². The van der Waals surface area contributed by atoms with E-state index in [0.717, 1.165) is 22.4 Å². The number of anilines is 2. The van der Waals surface area contributed by atoms with Crippen molar-refractivity contribution in [3.8, 4) is 0 Å². The summed E-state index contributed by atoms with van der Waals surface area (Å²) in [5, 5.41) is 3.31. The van der Waals surface area contributed by atoms with Crippen LogP contribution in [-0.2, 0) is 4.79 Å². The molecule has 0 saturated carbocycles. The van der Waals surface area contributed by atoms with Crippen LogP contribution in [0.5, 0.6) is 0 Å². The number of ketones is 2. The first-order valence-corrected chi connectivity index (χ1v) is 6.81. The van der Waals surface area contributed by atoms with Crippen LogP contribution in [-0.4, -0.2) is 11.6 Å². The molecule has 0 bridgehead atoms. The summed E-state index contributed by atoms with van der Waals surface area (Å²) in [6.07, 6.45) is 3.02. The quantitative estimate of drug-likeness (QED) is 0.849. The predicted molar refractivity (Wildman–Crippen MR) is 84.0 cm³/mol. The minimum atomic E-state index is -0.474. The summed E-state index contributed by atoms with van der Waals surface area (Å²) in [5.74, 6) is -0.930. The van der Waals surface area contributed by atoms with Crippen LogP contribution in [0.1, 0.15) is 27.0 Å². The average molecular weight is 277 g/mol. The Hall–Kier alpha value is -2.68. The maximum Gasteiger partial charge on any atom is 0.235 e. The van der Waals surface area contributed by atoms with E-state index in [1.54, 1.807) is 6.08 Å². The fraction of sp³-hybridized carbons (Fsp3) is 0.111. The first-order chi connectivity index (χ1) is 10.1. The molecule has 0 aliphatic heterocycles. The van der Waals surface area contributed by atoms with E-state index >= 15 is 0 Å². The SMILES string of the molecule is Cc1cccc(C)c1Nc1cccc2c1C(=O)C(=O)C=C2. The first-order valence-electron chi connectivity index (χ1n) is 6.81. The molecule has 21 heavy (non-hydrogen) atoms. The normalized spacial score (nSPS) is 13.2. The van der Waals surface area contributed by atoms with E-state index in [4.69, 9.17) is 0 Å². The topological polar surface area (TPSA) is 46.2 Å². The Morgan fingerprint density at radius 2 is 1.52 bits per heavy atom. The van der Waals surface area contributed by atoms with E-state index in [1.807, 2.05) is 50.2 Å². The van der Waals surface area contributed by atoms with Gasteiger partial charge in [-0.2, -0.15) is 0 Å². The smallest absolute Gasteiger partial charge is 0.235 e. The van der Waals surface area contributed by atoms with E-state index in [-0.39, 0.29) is 0 Å². The van der Waals surface area contributed by atoms with Gasteiger partial charge in [-0.3, -0.25) is 9.59 Å². The third-order valence-electron chi connectivity index (χ3n) is 3.70. The number of allylic oxidation sites excluding steroid dienone is 1. The second kappa shape index (κ2) is 5.02. The molecule has 3 heteroatoms. The lowest BCUT2D eigenvalue weighted by atomic mass is 9.93. The molecule has 1 aliphatic carbocycles. The lowest BCUT2D eigenvalue weighted by Crippen LogP contribution is -2.18. The molecule has 0 spiro atoms. The molecule has 0 unspecified atom stereocenters. The van der Waals surface area contributed by atoms with E-state index in [0.29, 0.717) is 11.3 Å². The number of carbonyl (C=O) groups excluding carboxylic acids is 2. The van der Waals surface area contributed by atoms with Crippen molar-refractivity contribution in [2.45, 2.75) is 13.8 Å². The van der Waals surface area contributed by atoms with Gasteiger partial charge in [-0.15, -0.1) is 0 Å². The number of benzene rings is 2. The monoisotopic (exact) mass is 277 g/mol. The van der Waals surface area contributed by atoms with Crippen LogP contribution >= 0.6 is 0 Å². The maximum absolute atomic E-state index is 12.2. The summed E-state index contributed by atoms with van der Waals surface area (Å²) in [6, 6.07) is 11.6. The Morgan fingerprint density at radius 1 is 0.857 bits per heavy atom. The zero-order valence-corrected chi connectivity index (χ0v) is 11.9. The van der Waals surface area contributed by atoms with Crippen LogP contribution in [0.25, 0.3) is 6.08 Å². The van der Waals surface area contributed by atoms with Gasteiger partial charge < -0.3 is 5.32 Å². The largest absolute Gasteiger partial charge is 0.354 e. The first kappa shape index (κ1) is 13.3. The lowest BCUT2D eigenvalue weighted by molar-refractivity contribution is -0.110. The molecule has 0 atom stereocenters. The molecule has 0 saturated heterocycles. The van der Waals surface area contributed by atoms with Crippen molar-refractivity contribution in [3.63, 3.8) is 0 Å². The minimum Gasteiger partial charge on any atom is -0.354 e. The Bertz CT molecular complexity index is 768. The minimum absolute atomic E-state index is 0.452. The third kappa shape index (κ3) is 2.27. The molecule has 0 fully saturated rings. The number of carbonyl (C=O) groups is 2. The molecule has 3 rings (SSSR count). The predicted octanol–water partition coefficient (Wildman–Crippen LogP) is 3.83. The number of rotatable bonds is 2. The highest BCUT2D eigenvalue weighted by atomic mass is 16.2. The molecular weight excluding hydrogens is 262 g/mol. The highest BCUT2D eigenvalue weighted by molar-refractivity contribution is 6.51. The van der Waals surface area contributed by atoms with Gasteiger partial charge in [0.25, 0.3) is 0 Å². The second-order valence-corrected chi connectivity index (χ2v) is 5.19. The lowest BCUT2D eigenvalue weighted by Gasteiger charge is -2.18. The van der Waals surface area contributed by atoms with E-state index < -0.39 is 11.6 Å². The zero-order valence-electron chi connectivity index (χ0n) is 11.9. The molecule has 0 radical (unpaired) electrons. The van der Waals surface area contributed by atoms with E-state index in [1.165, 1.54) is 6.08 Å². The van der Waals surface area contributed by atoms with Crippen LogP contribution < -0.4 is 5.32 Å².